The molecule has 1 fully saturated rings. The van der Waals surface area contributed by atoms with E-state index in [0.29, 0.717) is 17.1 Å². The number of esters is 1. The molecule has 0 aliphatic heterocycles. The van der Waals surface area contributed by atoms with Crippen LogP contribution in [-0.2, 0) is 19.6 Å². The zero-order valence-electron chi connectivity index (χ0n) is 19.7. The molecule has 4 rings (SSSR count). The predicted octanol–water partition coefficient (Wildman–Crippen LogP) is 4.21. The number of nitrogens with zero attached hydrogens (tertiary/aromatic N) is 2. The van der Waals surface area contributed by atoms with Crippen molar-refractivity contribution in [2.75, 3.05) is 16.6 Å². The van der Waals surface area contributed by atoms with Crippen LogP contribution in [-0.4, -0.2) is 36.7 Å². The van der Waals surface area contributed by atoms with Gasteiger partial charge in [-0.25, -0.2) is 17.9 Å². The largest absolute Gasteiger partial charge is 0.452 e. The first-order valence-corrected chi connectivity index (χ1v) is 12.9. The Balaban J connectivity index is 1.41. The van der Waals surface area contributed by atoms with Crippen LogP contribution in [0.15, 0.2) is 59.6 Å². The highest BCUT2D eigenvalue weighted by Crippen LogP contribution is 2.31. The molecule has 0 saturated heterocycles. The molecule has 10 heteroatoms. The van der Waals surface area contributed by atoms with E-state index in [1.807, 2.05) is 13.0 Å². The number of rotatable bonds is 8. The Kier molecular flexibility index (Phi) is 7.20. The van der Waals surface area contributed by atoms with E-state index in [2.05, 4.69) is 15.1 Å². The number of aryl methyl sites for hydroxylation is 2. The Labute approximate surface area is 204 Å². The van der Waals surface area contributed by atoms with Crippen molar-refractivity contribution in [2.45, 2.75) is 50.5 Å². The lowest BCUT2D eigenvalue weighted by Gasteiger charge is -2.15. The number of sulfonamides is 1. The minimum absolute atomic E-state index is 0.0315. The van der Waals surface area contributed by atoms with Crippen molar-refractivity contribution in [1.29, 1.82) is 0 Å². The molecule has 1 aliphatic carbocycles. The van der Waals surface area contributed by atoms with Gasteiger partial charge in [-0.1, -0.05) is 31.0 Å². The SMILES string of the molecule is Cc1cccc(NS(=O)(=O)c2cc(C(=O)OCC(=O)Nc3ccnn3C3CCCC3)ccc2C)c1. The van der Waals surface area contributed by atoms with Gasteiger partial charge in [-0.2, -0.15) is 5.10 Å². The number of aromatic nitrogens is 2. The summed E-state index contributed by atoms with van der Waals surface area (Å²) >= 11 is 0. The fraction of sp³-hybridized carbons (Fsp3) is 0.320. The molecule has 0 radical (unpaired) electrons. The summed E-state index contributed by atoms with van der Waals surface area (Å²) in [5, 5.41) is 7.03. The Morgan fingerprint density at radius 3 is 2.60 bits per heavy atom. The summed E-state index contributed by atoms with van der Waals surface area (Å²) < 4.78 is 35.4. The zero-order chi connectivity index (χ0) is 25.0. The number of ether oxygens (including phenoxy) is 1. The lowest BCUT2D eigenvalue weighted by molar-refractivity contribution is -0.119. The smallest absolute Gasteiger partial charge is 0.338 e. The molecule has 0 unspecified atom stereocenters. The van der Waals surface area contributed by atoms with Crippen LogP contribution in [0.1, 0.15) is 53.2 Å². The Morgan fingerprint density at radius 1 is 1.09 bits per heavy atom. The van der Waals surface area contributed by atoms with Crippen molar-refractivity contribution in [3.05, 3.63) is 71.4 Å². The van der Waals surface area contributed by atoms with E-state index < -0.39 is 28.5 Å². The third kappa shape index (κ3) is 5.89. The summed E-state index contributed by atoms with van der Waals surface area (Å²) in [5.74, 6) is -0.737. The second kappa shape index (κ2) is 10.3. The number of benzene rings is 2. The average Bonchev–Trinajstić information content (AvgIpc) is 3.49. The maximum atomic E-state index is 13.0. The molecule has 0 atom stereocenters. The summed E-state index contributed by atoms with van der Waals surface area (Å²) in [7, 11) is -3.94. The Bertz CT molecular complexity index is 1340. The Morgan fingerprint density at radius 2 is 1.86 bits per heavy atom. The maximum absolute atomic E-state index is 13.0. The average molecular weight is 497 g/mol. The van der Waals surface area contributed by atoms with Gasteiger partial charge in [0.2, 0.25) is 0 Å². The van der Waals surface area contributed by atoms with E-state index in [4.69, 9.17) is 4.74 Å². The molecule has 1 saturated carbocycles. The van der Waals surface area contributed by atoms with E-state index in [0.717, 1.165) is 31.2 Å². The third-order valence-corrected chi connectivity index (χ3v) is 7.45. The fourth-order valence-electron chi connectivity index (χ4n) is 4.18. The number of hydrogen-bond donors (Lipinski definition) is 2. The van der Waals surface area contributed by atoms with Crippen LogP contribution in [0.5, 0.6) is 0 Å². The number of nitrogens with one attached hydrogen (secondary N) is 2. The highest BCUT2D eigenvalue weighted by molar-refractivity contribution is 7.92. The molecule has 35 heavy (non-hydrogen) atoms. The van der Waals surface area contributed by atoms with Crippen molar-refractivity contribution >= 4 is 33.4 Å². The van der Waals surface area contributed by atoms with E-state index in [1.54, 1.807) is 42.1 Å². The van der Waals surface area contributed by atoms with Gasteiger partial charge < -0.3 is 10.1 Å². The maximum Gasteiger partial charge on any atom is 0.338 e. The first-order valence-electron chi connectivity index (χ1n) is 11.4. The molecule has 1 aliphatic rings. The minimum Gasteiger partial charge on any atom is -0.452 e. The molecule has 0 spiro atoms. The molecule has 2 aromatic carbocycles. The Hall–Kier alpha value is -3.66. The highest BCUT2D eigenvalue weighted by Gasteiger charge is 2.22. The molecule has 0 bridgehead atoms. The molecule has 1 aromatic heterocycles. The van der Waals surface area contributed by atoms with Gasteiger partial charge in [0.15, 0.2) is 6.61 Å². The lowest BCUT2D eigenvalue weighted by Crippen LogP contribution is -2.23. The molecular formula is C25H28N4O5S. The molecule has 3 aromatic rings. The second-order valence-corrected chi connectivity index (χ2v) is 10.3. The van der Waals surface area contributed by atoms with E-state index >= 15 is 0 Å². The summed E-state index contributed by atoms with van der Waals surface area (Å²) in [4.78, 5) is 24.9. The van der Waals surface area contributed by atoms with Crippen LogP contribution in [0, 0.1) is 13.8 Å². The van der Waals surface area contributed by atoms with Gasteiger partial charge in [-0.15, -0.1) is 0 Å². The van der Waals surface area contributed by atoms with Gasteiger partial charge in [0.05, 0.1) is 22.7 Å². The van der Waals surface area contributed by atoms with Crippen LogP contribution in [0.3, 0.4) is 0 Å². The monoisotopic (exact) mass is 496 g/mol. The van der Waals surface area contributed by atoms with Crippen molar-refractivity contribution in [1.82, 2.24) is 9.78 Å². The van der Waals surface area contributed by atoms with E-state index in [1.165, 1.54) is 18.2 Å². The van der Waals surface area contributed by atoms with Gasteiger partial charge in [0, 0.05) is 11.8 Å². The fourth-order valence-corrected chi connectivity index (χ4v) is 5.50. The number of carbonyl (C=O) groups excluding carboxylic acids is 2. The van der Waals surface area contributed by atoms with Crippen LogP contribution in [0.2, 0.25) is 0 Å². The van der Waals surface area contributed by atoms with Crippen molar-refractivity contribution < 1.29 is 22.7 Å². The lowest BCUT2D eigenvalue weighted by atomic mass is 10.1. The zero-order valence-corrected chi connectivity index (χ0v) is 20.5. The van der Waals surface area contributed by atoms with Gasteiger partial charge in [-0.3, -0.25) is 9.52 Å². The van der Waals surface area contributed by atoms with Gasteiger partial charge >= 0.3 is 5.97 Å². The highest BCUT2D eigenvalue weighted by atomic mass is 32.2. The molecular weight excluding hydrogens is 468 g/mol. The van der Waals surface area contributed by atoms with Crippen molar-refractivity contribution in [2.24, 2.45) is 0 Å². The van der Waals surface area contributed by atoms with E-state index in [9.17, 15) is 18.0 Å². The topological polar surface area (TPSA) is 119 Å². The summed E-state index contributed by atoms with van der Waals surface area (Å²) in [6, 6.07) is 13.2. The van der Waals surface area contributed by atoms with Crippen molar-refractivity contribution in [3.63, 3.8) is 0 Å². The quantitative estimate of drug-likeness (QED) is 0.451. The molecule has 1 amide bonds. The minimum atomic E-state index is -3.94. The van der Waals surface area contributed by atoms with Crippen LogP contribution in [0.4, 0.5) is 11.5 Å². The standard InChI is InChI=1S/C25H28N4O5S/c1-17-6-5-7-20(14-17)28-35(32,33)22-15-19(11-10-18(22)2)25(31)34-16-24(30)27-23-12-13-26-29(23)21-8-3-4-9-21/h5-7,10-15,21,28H,3-4,8-9,16H2,1-2H3,(H,27,30). The van der Waals surface area contributed by atoms with Crippen LogP contribution in [0.25, 0.3) is 0 Å². The number of hydrogen-bond acceptors (Lipinski definition) is 6. The second-order valence-electron chi connectivity index (χ2n) is 8.68. The van der Waals surface area contributed by atoms with E-state index in [-0.39, 0.29) is 16.5 Å². The van der Waals surface area contributed by atoms with Crippen LogP contribution >= 0.6 is 0 Å². The summed E-state index contributed by atoms with van der Waals surface area (Å²) in [6.07, 6.45) is 5.90. The van der Waals surface area contributed by atoms with Crippen molar-refractivity contribution in [3.8, 4) is 0 Å². The number of amides is 1. The molecule has 2 N–H and O–H groups in total. The summed E-state index contributed by atoms with van der Waals surface area (Å²) in [6.45, 7) is 2.99. The van der Waals surface area contributed by atoms with Gasteiger partial charge in [0.25, 0.3) is 15.9 Å². The molecule has 1 heterocycles. The summed E-state index contributed by atoms with van der Waals surface area (Å²) in [5.41, 5.74) is 1.83. The van der Waals surface area contributed by atoms with Crippen LogP contribution < -0.4 is 10.0 Å². The first kappa shape index (κ1) is 24.5. The number of carbonyl (C=O) groups is 2. The molecule has 9 nitrogen and oxygen atoms in total. The van der Waals surface area contributed by atoms with Gasteiger partial charge in [0.1, 0.15) is 5.82 Å². The first-order chi connectivity index (χ1) is 16.7. The normalized spacial score (nSPS) is 14.0. The predicted molar refractivity (Wildman–Crippen MR) is 132 cm³/mol. The number of anilines is 2. The third-order valence-electron chi connectivity index (χ3n) is 5.93. The molecule has 184 valence electrons. The van der Waals surface area contributed by atoms with Gasteiger partial charge in [-0.05, 0) is 62.1 Å².